The molecule has 0 bridgehead atoms. The molecule has 0 radical (unpaired) electrons. The van der Waals surface area contributed by atoms with E-state index in [9.17, 15) is 9.59 Å². The number of amides is 2. The van der Waals surface area contributed by atoms with E-state index in [1.165, 1.54) is 12.8 Å². The van der Waals surface area contributed by atoms with E-state index in [1.54, 1.807) is 6.07 Å². The summed E-state index contributed by atoms with van der Waals surface area (Å²) in [4.78, 5) is 36.8. The number of rotatable bonds is 5. The third-order valence-corrected chi connectivity index (χ3v) is 7.30. The highest BCUT2D eigenvalue weighted by molar-refractivity contribution is 6.00. The number of piperazine rings is 1. The van der Waals surface area contributed by atoms with Crippen molar-refractivity contribution in [1.82, 2.24) is 25.0 Å². The molecule has 9 heteroatoms. The molecule has 2 aliphatic heterocycles. The van der Waals surface area contributed by atoms with Gasteiger partial charge in [0.15, 0.2) is 0 Å². The molecule has 0 spiro atoms. The second-order valence-electron chi connectivity index (χ2n) is 9.49. The van der Waals surface area contributed by atoms with Gasteiger partial charge in [-0.05, 0) is 62.1 Å². The van der Waals surface area contributed by atoms with Gasteiger partial charge in [0.25, 0.3) is 5.91 Å². The highest BCUT2D eigenvalue weighted by Crippen LogP contribution is 2.22. The van der Waals surface area contributed by atoms with Crippen LogP contribution in [0.4, 0.5) is 0 Å². The van der Waals surface area contributed by atoms with Gasteiger partial charge in [-0.15, -0.1) is 24.8 Å². The number of hydrogen-bond acceptors (Lipinski definition) is 4. The summed E-state index contributed by atoms with van der Waals surface area (Å²) in [7, 11) is 2.18. The maximum Gasteiger partial charge on any atom is 0.252 e. The molecule has 2 aliphatic rings. The number of hydrogen-bond donors (Lipinski definition) is 2. The molecule has 1 atom stereocenters. The van der Waals surface area contributed by atoms with Crippen molar-refractivity contribution in [1.29, 1.82) is 0 Å². The lowest BCUT2D eigenvalue weighted by atomic mass is 10.0. The molecule has 2 N–H and O–H groups in total. The zero-order valence-corrected chi connectivity index (χ0v) is 22.2. The Morgan fingerprint density at radius 1 is 0.917 bits per heavy atom. The third kappa shape index (κ3) is 6.21. The number of aromatic nitrogens is 1. The summed E-state index contributed by atoms with van der Waals surface area (Å²) >= 11 is 0. The minimum Gasteiger partial charge on any atom is -0.361 e. The van der Waals surface area contributed by atoms with Gasteiger partial charge in [0.2, 0.25) is 5.91 Å². The van der Waals surface area contributed by atoms with E-state index in [2.05, 4.69) is 27.1 Å². The van der Waals surface area contributed by atoms with Crippen LogP contribution in [0.1, 0.15) is 34.8 Å². The van der Waals surface area contributed by atoms with Crippen molar-refractivity contribution >= 4 is 47.5 Å². The third-order valence-electron chi connectivity index (χ3n) is 7.30. The van der Waals surface area contributed by atoms with Crippen LogP contribution in [0.5, 0.6) is 0 Å². The van der Waals surface area contributed by atoms with Crippen LogP contribution in [0.2, 0.25) is 0 Å². The van der Waals surface area contributed by atoms with Gasteiger partial charge in [-0.3, -0.25) is 14.5 Å². The molecular formula is C27H35Cl2N5O2. The van der Waals surface area contributed by atoms with Crippen LogP contribution in [0.3, 0.4) is 0 Å². The summed E-state index contributed by atoms with van der Waals surface area (Å²) in [6, 6.07) is 17.0. The predicted molar refractivity (Wildman–Crippen MR) is 148 cm³/mol. The lowest BCUT2D eigenvalue weighted by Crippen LogP contribution is -2.55. The van der Waals surface area contributed by atoms with E-state index in [0.29, 0.717) is 24.7 Å². The molecule has 3 aromatic rings. The van der Waals surface area contributed by atoms with E-state index in [0.717, 1.165) is 42.6 Å². The number of carbonyl (C=O) groups is 2. The van der Waals surface area contributed by atoms with Gasteiger partial charge >= 0.3 is 0 Å². The van der Waals surface area contributed by atoms with Crippen molar-refractivity contribution in [2.45, 2.75) is 24.9 Å². The molecule has 194 valence electrons. The van der Waals surface area contributed by atoms with Gasteiger partial charge in [-0.25, -0.2) is 0 Å². The van der Waals surface area contributed by atoms with Gasteiger partial charge in [0, 0.05) is 49.5 Å². The highest BCUT2D eigenvalue weighted by Gasteiger charge is 2.32. The fourth-order valence-electron chi connectivity index (χ4n) is 5.19. The van der Waals surface area contributed by atoms with Gasteiger partial charge < -0.3 is 20.1 Å². The van der Waals surface area contributed by atoms with Gasteiger partial charge in [0.05, 0.1) is 0 Å². The number of piperidine rings is 1. The van der Waals surface area contributed by atoms with Crippen molar-refractivity contribution < 1.29 is 9.59 Å². The Balaban J connectivity index is 0.00000180. The van der Waals surface area contributed by atoms with E-state index >= 15 is 0 Å². The van der Waals surface area contributed by atoms with E-state index in [-0.39, 0.29) is 36.6 Å². The minimum absolute atomic E-state index is 0. The number of aromatic amines is 1. The highest BCUT2D eigenvalue weighted by atomic mass is 35.5. The molecule has 7 nitrogen and oxygen atoms in total. The van der Waals surface area contributed by atoms with Crippen LogP contribution in [-0.2, 0) is 4.79 Å². The first kappa shape index (κ1) is 28.0. The van der Waals surface area contributed by atoms with Crippen molar-refractivity contribution in [3.05, 3.63) is 71.9 Å². The Bertz CT molecular complexity index is 1140. The summed E-state index contributed by atoms with van der Waals surface area (Å²) < 4.78 is 0. The van der Waals surface area contributed by atoms with Crippen molar-refractivity contribution in [3.63, 3.8) is 0 Å². The van der Waals surface area contributed by atoms with Crippen LogP contribution in [0, 0.1) is 0 Å². The number of likely N-dealkylation sites (tertiary alicyclic amines) is 1. The van der Waals surface area contributed by atoms with Crippen LogP contribution < -0.4 is 5.32 Å². The maximum absolute atomic E-state index is 13.6. The minimum atomic E-state index is -0.706. The summed E-state index contributed by atoms with van der Waals surface area (Å²) in [6.45, 7) is 5.44. The molecule has 2 fully saturated rings. The standard InChI is InChI=1S/C27H33N5O2.2ClH/c1-30-13-10-23(11-14-30)31-15-17-32(18-16-31)27(34)25(21-5-3-2-4-6-21)29-26(33)22-8-7-20-9-12-28-24(20)19-22;;/h2-9,12,19,23,25,28H,10-11,13-18H2,1H3,(H,29,33);2*1H/t25-;;/m1../s1. The van der Waals surface area contributed by atoms with Crippen molar-refractivity contribution in [2.24, 2.45) is 0 Å². The number of carbonyl (C=O) groups excluding carboxylic acids is 2. The van der Waals surface area contributed by atoms with Crippen LogP contribution in [0.15, 0.2) is 60.8 Å². The Kier molecular flexibility index (Phi) is 9.79. The maximum atomic E-state index is 13.6. The first-order valence-corrected chi connectivity index (χ1v) is 12.2. The van der Waals surface area contributed by atoms with Crippen molar-refractivity contribution in [3.8, 4) is 0 Å². The lowest BCUT2D eigenvalue weighted by Gasteiger charge is -2.42. The molecule has 36 heavy (non-hydrogen) atoms. The van der Waals surface area contributed by atoms with E-state index in [1.807, 2.05) is 59.6 Å². The number of halogens is 2. The molecule has 5 rings (SSSR count). The smallest absolute Gasteiger partial charge is 0.252 e. The number of benzene rings is 2. The summed E-state index contributed by atoms with van der Waals surface area (Å²) in [5.41, 5.74) is 2.25. The molecular weight excluding hydrogens is 497 g/mol. The SMILES string of the molecule is CN1CCC(N2CCN(C(=O)[C@H](NC(=O)c3ccc4cc[nH]c4c3)c3ccccc3)CC2)CC1.Cl.Cl. The normalized spacial score (nSPS) is 18.2. The summed E-state index contributed by atoms with van der Waals surface area (Å²) in [5.74, 6) is -0.285. The number of nitrogens with zero attached hydrogens (tertiary/aromatic N) is 3. The predicted octanol–water partition coefficient (Wildman–Crippen LogP) is 3.72. The lowest BCUT2D eigenvalue weighted by molar-refractivity contribution is -0.135. The zero-order valence-electron chi connectivity index (χ0n) is 20.6. The van der Waals surface area contributed by atoms with Gasteiger partial charge in [-0.2, -0.15) is 0 Å². The number of fused-ring (bicyclic) bond motifs is 1. The van der Waals surface area contributed by atoms with Gasteiger partial charge in [0.1, 0.15) is 6.04 Å². The number of nitrogens with one attached hydrogen (secondary N) is 2. The molecule has 2 saturated heterocycles. The molecule has 0 saturated carbocycles. The average molecular weight is 533 g/mol. The molecule has 2 aromatic carbocycles. The molecule has 0 unspecified atom stereocenters. The van der Waals surface area contributed by atoms with Crippen LogP contribution >= 0.6 is 24.8 Å². The molecule has 1 aromatic heterocycles. The Labute approximate surface area is 225 Å². The average Bonchev–Trinajstić information content (AvgIpc) is 3.36. The largest absolute Gasteiger partial charge is 0.361 e. The topological polar surface area (TPSA) is 71.7 Å². The quantitative estimate of drug-likeness (QED) is 0.526. The fourth-order valence-corrected chi connectivity index (χ4v) is 5.19. The first-order valence-electron chi connectivity index (χ1n) is 12.2. The molecule has 0 aliphatic carbocycles. The Morgan fingerprint density at radius 2 is 1.61 bits per heavy atom. The van der Waals surface area contributed by atoms with Crippen molar-refractivity contribution in [2.75, 3.05) is 46.3 Å². The first-order chi connectivity index (χ1) is 16.6. The van der Waals surface area contributed by atoms with Crippen LogP contribution in [-0.4, -0.2) is 83.9 Å². The monoisotopic (exact) mass is 531 g/mol. The fraction of sp³-hybridized carbons (Fsp3) is 0.407. The second kappa shape index (κ2) is 12.6. The summed E-state index contributed by atoms with van der Waals surface area (Å²) in [6.07, 6.45) is 4.24. The van der Waals surface area contributed by atoms with E-state index < -0.39 is 6.04 Å². The van der Waals surface area contributed by atoms with E-state index in [4.69, 9.17) is 0 Å². The molecule has 2 amide bonds. The van der Waals surface area contributed by atoms with Gasteiger partial charge in [-0.1, -0.05) is 36.4 Å². The second-order valence-corrected chi connectivity index (χ2v) is 9.49. The summed E-state index contributed by atoms with van der Waals surface area (Å²) in [5, 5.41) is 4.07. The Hall–Kier alpha value is -2.58. The Morgan fingerprint density at radius 3 is 2.31 bits per heavy atom. The number of H-pyrrole nitrogens is 1. The molecule has 3 heterocycles. The van der Waals surface area contributed by atoms with Crippen LogP contribution in [0.25, 0.3) is 10.9 Å². The zero-order chi connectivity index (χ0) is 23.5.